The fraction of sp³-hybridized carbons (Fsp3) is 0.941. The first-order valence-electron chi connectivity index (χ1n) is 8.37. The Labute approximate surface area is 125 Å². The third-order valence-corrected chi connectivity index (χ3v) is 4.45. The van der Waals surface area contributed by atoms with Crippen LogP contribution in [0.25, 0.3) is 0 Å². The van der Waals surface area contributed by atoms with E-state index in [1.807, 2.05) is 0 Å². The number of carbonyl (C=O) groups is 1. The molecule has 0 aliphatic carbocycles. The maximum atomic E-state index is 12.7. The summed E-state index contributed by atoms with van der Waals surface area (Å²) in [5.41, 5.74) is 0.201. The molecule has 1 N–H and O–H groups in total. The Morgan fingerprint density at radius 2 is 1.95 bits per heavy atom. The highest BCUT2D eigenvalue weighted by atomic mass is 16.2. The molecule has 1 fully saturated rings. The van der Waals surface area contributed by atoms with Crippen molar-refractivity contribution < 1.29 is 4.79 Å². The molecule has 1 saturated heterocycles. The molecule has 2 atom stereocenters. The van der Waals surface area contributed by atoms with Crippen LogP contribution in [0.4, 0.5) is 0 Å². The lowest BCUT2D eigenvalue weighted by atomic mass is 9.89. The van der Waals surface area contributed by atoms with Crippen LogP contribution in [0.1, 0.15) is 73.6 Å². The van der Waals surface area contributed by atoms with Crippen LogP contribution in [0.5, 0.6) is 0 Å². The van der Waals surface area contributed by atoms with Gasteiger partial charge in [0.2, 0.25) is 5.91 Å². The zero-order valence-electron chi connectivity index (χ0n) is 14.3. The van der Waals surface area contributed by atoms with Gasteiger partial charge in [0.15, 0.2) is 0 Å². The van der Waals surface area contributed by atoms with E-state index >= 15 is 0 Å². The van der Waals surface area contributed by atoms with Crippen molar-refractivity contribution >= 4 is 5.91 Å². The zero-order valence-corrected chi connectivity index (χ0v) is 14.3. The maximum absolute atomic E-state index is 12.7. The first-order valence-corrected chi connectivity index (χ1v) is 8.37. The first kappa shape index (κ1) is 17.5. The minimum absolute atomic E-state index is 0.0476. The smallest absolute Gasteiger partial charge is 0.241 e. The molecule has 1 amide bonds. The summed E-state index contributed by atoms with van der Waals surface area (Å²) in [4.78, 5) is 14.8. The molecule has 0 saturated carbocycles. The number of nitrogens with one attached hydrogen (secondary N) is 1. The summed E-state index contributed by atoms with van der Waals surface area (Å²) in [5.74, 6) is 0.933. The van der Waals surface area contributed by atoms with Crippen molar-refractivity contribution in [3.8, 4) is 0 Å². The van der Waals surface area contributed by atoms with Crippen molar-refractivity contribution in [2.45, 2.75) is 85.9 Å². The number of carbonyl (C=O) groups excluding carboxylic acids is 1. The number of rotatable bonds is 8. The lowest BCUT2D eigenvalue weighted by Crippen LogP contribution is -2.43. The quantitative estimate of drug-likeness (QED) is 0.734. The Balaban J connectivity index is 2.76. The molecule has 0 bridgehead atoms. The van der Waals surface area contributed by atoms with E-state index in [1.54, 1.807) is 0 Å². The molecule has 3 nitrogen and oxygen atoms in total. The van der Waals surface area contributed by atoms with E-state index in [-0.39, 0.29) is 17.6 Å². The van der Waals surface area contributed by atoms with Crippen LogP contribution >= 0.6 is 0 Å². The molecule has 3 heteroatoms. The highest BCUT2D eigenvalue weighted by Gasteiger charge is 2.40. The van der Waals surface area contributed by atoms with E-state index in [0.29, 0.717) is 11.8 Å². The van der Waals surface area contributed by atoms with Crippen molar-refractivity contribution in [2.24, 2.45) is 11.3 Å². The maximum Gasteiger partial charge on any atom is 0.241 e. The lowest BCUT2D eigenvalue weighted by Gasteiger charge is -2.33. The Morgan fingerprint density at radius 1 is 1.30 bits per heavy atom. The summed E-state index contributed by atoms with van der Waals surface area (Å²) in [6.45, 7) is 14.2. The second-order valence-electron chi connectivity index (χ2n) is 7.49. The Bertz CT molecular complexity index is 312. The van der Waals surface area contributed by atoms with Crippen molar-refractivity contribution in [1.82, 2.24) is 10.2 Å². The van der Waals surface area contributed by atoms with Crippen LogP contribution in [0.2, 0.25) is 0 Å². The summed E-state index contributed by atoms with van der Waals surface area (Å²) >= 11 is 0. The molecule has 0 radical (unpaired) electrons. The van der Waals surface area contributed by atoms with Crippen molar-refractivity contribution in [1.29, 1.82) is 0 Å². The largest absolute Gasteiger partial charge is 0.325 e. The minimum Gasteiger partial charge on any atom is -0.325 e. The van der Waals surface area contributed by atoms with Gasteiger partial charge in [0.05, 0.1) is 12.2 Å². The molecule has 0 aromatic heterocycles. The Morgan fingerprint density at radius 3 is 2.45 bits per heavy atom. The average Bonchev–Trinajstić information content (AvgIpc) is 2.64. The van der Waals surface area contributed by atoms with Crippen LogP contribution in [-0.4, -0.2) is 29.6 Å². The summed E-state index contributed by atoms with van der Waals surface area (Å²) in [7, 11) is 0. The summed E-state index contributed by atoms with van der Waals surface area (Å²) in [6.07, 6.45) is 5.64. The SMILES string of the molecule is CCCCC1NC(CC(C)C)N(CC(C)(C)CC)C1=O. The fourth-order valence-electron chi connectivity index (χ4n) is 2.77. The van der Waals surface area contributed by atoms with Gasteiger partial charge < -0.3 is 4.90 Å². The van der Waals surface area contributed by atoms with E-state index in [4.69, 9.17) is 0 Å². The van der Waals surface area contributed by atoms with Crippen LogP contribution < -0.4 is 5.32 Å². The van der Waals surface area contributed by atoms with Gasteiger partial charge in [0.25, 0.3) is 0 Å². The van der Waals surface area contributed by atoms with Crippen LogP contribution in [0.15, 0.2) is 0 Å². The van der Waals surface area contributed by atoms with E-state index in [0.717, 1.165) is 38.6 Å². The van der Waals surface area contributed by atoms with Gasteiger partial charge in [-0.05, 0) is 30.6 Å². The number of nitrogens with zero attached hydrogens (tertiary/aromatic N) is 1. The molecule has 20 heavy (non-hydrogen) atoms. The summed E-state index contributed by atoms with van der Waals surface area (Å²) in [6, 6.07) is 0.0476. The molecule has 1 aliphatic heterocycles. The van der Waals surface area contributed by atoms with Gasteiger partial charge in [-0.15, -0.1) is 0 Å². The third-order valence-electron chi connectivity index (χ3n) is 4.45. The lowest BCUT2D eigenvalue weighted by molar-refractivity contribution is -0.131. The van der Waals surface area contributed by atoms with E-state index < -0.39 is 0 Å². The number of amides is 1. The number of hydrogen-bond donors (Lipinski definition) is 1. The molecule has 0 spiro atoms. The van der Waals surface area contributed by atoms with Crippen LogP contribution in [0.3, 0.4) is 0 Å². The molecule has 1 heterocycles. The molecule has 1 aliphatic rings. The van der Waals surface area contributed by atoms with Crippen LogP contribution in [0, 0.1) is 11.3 Å². The second kappa shape index (κ2) is 7.44. The van der Waals surface area contributed by atoms with Crippen molar-refractivity contribution in [3.05, 3.63) is 0 Å². The molecular formula is C17H34N2O. The predicted molar refractivity (Wildman–Crippen MR) is 85.5 cm³/mol. The molecule has 118 valence electrons. The topological polar surface area (TPSA) is 32.3 Å². The van der Waals surface area contributed by atoms with Gasteiger partial charge >= 0.3 is 0 Å². The summed E-state index contributed by atoms with van der Waals surface area (Å²) < 4.78 is 0. The first-order chi connectivity index (χ1) is 9.30. The van der Waals surface area contributed by atoms with Crippen molar-refractivity contribution in [2.75, 3.05) is 6.54 Å². The minimum atomic E-state index is 0.0476. The van der Waals surface area contributed by atoms with Gasteiger partial charge in [-0.1, -0.05) is 54.4 Å². The third kappa shape index (κ3) is 4.76. The van der Waals surface area contributed by atoms with Gasteiger partial charge in [0, 0.05) is 6.54 Å². The van der Waals surface area contributed by atoms with Gasteiger partial charge in [0.1, 0.15) is 0 Å². The molecule has 0 aromatic rings. The second-order valence-corrected chi connectivity index (χ2v) is 7.49. The van der Waals surface area contributed by atoms with E-state index in [1.165, 1.54) is 0 Å². The number of unbranched alkanes of at least 4 members (excludes halogenated alkanes) is 1. The molecule has 0 aromatic carbocycles. The monoisotopic (exact) mass is 282 g/mol. The zero-order chi connectivity index (χ0) is 15.3. The average molecular weight is 282 g/mol. The summed E-state index contributed by atoms with van der Waals surface area (Å²) in [5, 5.41) is 3.58. The van der Waals surface area contributed by atoms with Crippen molar-refractivity contribution in [3.63, 3.8) is 0 Å². The highest BCUT2D eigenvalue weighted by Crippen LogP contribution is 2.27. The van der Waals surface area contributed by atoms with E-state index in [9.17, 15) is 4.79 Å². The Kier molecular flexibility index (Phi) is 6.50. The van der Waals surface area contributed by atoms with Gasteiger partial charge in [-0.25, -0.2) is 0 Å². The van der Waals surface area contributed by atoms with E-state index in [2.05, 4.69) is 51.8 Å². The van der Waals surface area contributed by atoms with Gasteiger partial charge in [-0.3, -0.25) is 10.1 Å². The molecule has 1 rings (SSSR count). The Hall–Kier alpha value is -0.570. The highest BCUT2D eigenvalue weighted by molar-refractivity contribution is 5.84. The molecular weight excluding hydrogens is 248 g/mol. The van der Waals surface area contributed by atoms with Gasteiger partial charge in [-0.2, -0.15) is 0 Å². The normalized spacial score (nSPS) is 23.9. The number of hydrogen-bond acceptors (Lipinski definition) is 2. The van der Waals surface area contributed by atoms with Crippen LogP contribution in [-0.2, 0) is 4.79 Å². The fourth-order valence-corrected chi connectivity index (χ4v) is 2.77. The molecule has 2 unspecified atom stereocenters. The standard InChI is InChI=1S/C17H34N2O/c1-7-9-10-14-16(20)19(12-17(5,6)8-2)15(18-14)11-13(3)4/h13-15,18H,7-12H2,1-6H3. The predicted octanol–water partition coefficient (Wildman–Crippen LogP) is 3.79.